The van der Waals surface area contributed by atoms with Gasteiger partial charge >= 0.3 is 0 Å². The standard InChI is InChI=1S/C18H22N8OS/c19-6-11-1-3-26(4-2-11)16-14(5-13(20)9-21-16)24-17(27)15-10-28-18(25-15)12-7-22-23-8-12/h5,7-11H,1-4,6,19-20H2,(H,22,23)(H,24,27). The van der Waals surface area contributed by atoms with Crippen LogP contribution in [-0.4, -0.2) is 45.7 Å². The summed E-state index contributed by atoms with van der Waals surface area (Å²) in [5.41, 5.74) is 14.0. The van der Waals surface area contributed by atoms with Gasteiger partial charge in [-0.2, -0.15) is 5.10 Å². The molecule has 0 aliphatic carbocycles. The van der Waals surface area contributed by atoms with Crippen LogP contribution in [0.25, 0.3) is 10.6 Å². The van der Waals surface area contributed by atoms with Crippen LogP contribution in [-0.2, 0) is 0 Å². The topological polar surface area (TPSA) is 139 Å². The number of nitrogen functional groups attached to an aromatic ring is 1. The molecule has 0 unspecified atom stereocenters. The summed E-state index contributed by atoms with van der Waals surface area (Å²) in [6.07, 6.45) is 7.04. The summed E-state index contributed by atoms with van der Waals surface area (Å²) < 4.78 is 0. The molecular formula is C18H22N8OS. The Kier molecular flexibility index (Phi) is 5.22. The van der Waals surface area contributed by atoms with Crippen molar-refractivity contribution in [2.45, 2.75) is 12.8 Å². The zero-order valence-corrected chi connectivity index (χ0v) is 16.1. The zero-order chi connectivity index (χ0) is 19.5. The first-order valence-corrected chi connectivity index (χ1v) is 9.98. The molecule has 9 nitrogen and oxygen atoms in total. The van der Waals surface area contributed by atoms with Crippen LogP contribution < -0.4 is 21.7 Å². The molecule has 0 saturated carbocycles. The van der Waals surface area contributed by atoms with Gasteiger partial charge in [-0.15, -0.1) is 11.3 Å². The van der Waals surface area contributed by atoms with Gasteiger partial charge in [0.1, 0.15) is 10.7 Å². The fourth-order valence-electron chi connectivity index (χ4n) is 3.26. The van der Waals surface area contributed by atoms with Gasteiger partial charge in [0.15, 0.2) is 5.82 Å². The van der Waals surface area contributed by atoms with Gasteiger partial charge in [0.25, 0.3) is 5.91 Å². The summed E-state index contributed by atoms with van der Waals surface area (Å²) in [5.74, 6) is 0.971. The Morgan fingerprint density at radius 1 is 1.36 bits per heavy atom. The molecule has 28 heavy (non-hydrogen) atoms. The summed E-state index contributed by atoms with van der Waals surface area (Å²) in [6.45, 7) is 2.40. The number of H-pyrrole nitrogens is 1. The molecule has 3 aromatic rings. The minimum absolute atomic E-state index is 0.295. The highest BCUT2D eigenvalue weighted by atomic mass is 32.1. The molecule has 10 heteroatoms. The van der Waals surface area contributed by atoms with Crippen LogP contribution in [0.3, 0.4) is 0 Å². The third kappa shape index (κ3) is 3.82. The molecule has 1 aliphatic rings. The van der Waals surface area contributed by atoms with Gasteiger partial charge in [-0.25, -0.2) is 9.97 Å². The summed E-state index contributed by atoms with van der Waals surface area (Å²) in [5, 5.41) is 12.0. The van der Waals surface area contributed by atoms with Gasteiger partial charge in [0, 0.05) is 30.2 Å². The van der Waals surface area contributed by atoms with E-state index in [4.69, 9.17) is 11.5 Å². The second kappa shape index (κ2) is 7.95. The monoisotopic (exact) mass is 398 g/mol. The molecule has 146 valence electrons. The predicted molar refractivity (Wildman–Crippen MR) is 110 cm³/mol. The molecule has 1 saturated heterocycles. The first-order chi connectivity index (χ1) is 13.6. The molecule has 4 heterocycles. The van der Waals surface area contributed by atoms with Gasteiger partial charge in [-0.05, 0) is 31.4 Å². The number of rotatable bonds is 5. The van der Waals surface area contributed by atoms with Crippen molar-refractivity contribution in [3.05, 3.63) is 35.7 Å². The Bertz CT molecular complexity index is 946. The number of amides is 1. The molecule has 0 aromatic carbocycles. The normalized spacial score (nSPS) is 15.0. The number of aromatic amines is 1. The number of nitrogens with two attached hydrogens (primary N) is 2. The van der Waals surface area contributed by atoms with E-state index < -0.39 is 0 Å². The Morgan fingerprint density at radius 2 is 2.18 bits per heavy atom. The minimum atomic E-state index is -0.295. The smallest absolute Gasteiger partial charge is 0.275 e. The fraction of sp³-hybridized carbons (Fsp3) is 0.333. The first kappa shape index (κ1) is 18.4. The van der Waals surface area contributed by atoms with Gasteiger partial charge in [-0.1, -0.05) is 0 Å². The van der Waals surface area contributed by atoms with Gasteiger partial charge in [0.05, 0.1) is 23.8 Å². The molecule has 1 aliphatic heterocycles. The van der Waals surface area contributed by atoms with Crippen molar-refractivity contribution >= 4 is 34.4 Å². The maximum Gasteiger partial charge on any atom is 0.275 e. The van der Waals surface area contributed by atoms with Crippen LogP contribution in [0.2, 0.25) is 0 Å². The number of nitrogens with zero attached hydrogens (tertiary/aromatic N) is 4. The van der Waals surface area contributed by atoms with E-state index in [1.807, 2.05) is 0 Å². The Labute approximate surface area is 166 Å². The molecule has 0 bridgehead atoms. The van der Waals surface area contributed by atoms with Crippen LogP contribution in [0.1, 0.15) is 23.3 Å². The third-order valence-corrected chi connectivity index (χ3v) is 5.76. The van der Waals surface area contributed by atoms with Crippen LogP contribution in [0, 0.1) is 5.92 Å². The van der Waals surface area contributed by atoms with E-state index in [0.717, 1.165) is 42.3 Å². The van der Waals surface area contributed by atoms with Crippen LogP contribution in [0.5, 0.6) is 0 Å². The molecule has 0 spiro atoms. The van der Waals surface area contributed by atoms with Gasteiger partial charge < -0.3 is 21.7 Å². The van der Waals surface area contributed by atoms with Crippen molar-refractivity contribution in [2.24, 2.45) is 11.7 Å². The third-order valence-electron chi connectivity index (χ3n) is 4.87. The van der Waals surface area contributed by atoms with Crippen molar-refractivity contribution in [3.8, 4) is 10.6 Å². The largest absolute Gasteiger partial charge is 0.397 e. The van der Waals surface area contributed by atoms with Gasteiger partial charge in [0.2, 0.25) is 0 Å². The van der Waals surface area contributed by atoms with Crippen LogP contribution in [0.15, 0.2) is 30.0 Å². The molecule has 3 aromatic heterocycles. The Balaban J connectivity index is 1.53. The molecule has 0 atom stereocenters. The van der Waals surface area contributed by atoms with Crippen LogP contribution in [0.4, 0.5) is 17.2 Å². The van der Waals surface area contributed by atoms with E-state index in [0.29, 0.717) is 29.5 Å². The molecular weight excluding hydrogens is 376 g/mol. The quantitative estimate of drug-likeness (QED) is 0.515. The summed E-state index contributed by atoms with van der Waals surface area (Å²) in [4.78, 5) is 23.8. The number of piperidine rings is 1. The van der Waals surface area contributed by atoms with E-state index in [2.05, 4.69) is 30.4 Å². The van der Waals surface area contributed by atoms with Crippen molar-refractivity contribution in [1.82, 2.24) is 20.2 Å². The second-order valence-corrected chi connectivity index (χ2v) is 7.64. The highest BCUT2D eigenvalue weighted by Crippen LogP contribution is 2.30. The first-order valence-electron chi connectivity index (χ1n) is 9.10. The lowest BCUT2D eigenvalue weighted by Gasteiger charge is -2.33. The average molecular weight is 398 g/mol. The molecule has 6 N–H and O–H groups in total. The predicted octanol–water partition coefficient (Wildman–Crippen LogP) is 1.94. The Hall–Kier alpha value is -2.98. The maximum absolute atomic E-state index is 12.7. The number of aromatic nitrogens is 4. The van der Waals surface area contributed by atoms with Crippen molar-refractivity contribution in [2.75, 3.05) is 35.6 Å². The minimum Gasteiger partial charge on any atom is -0.397 e. The van der Waals surface area contributed by atoms with E-state index in [1.54, 1.807) is 30.0 Å². The number of hydrogen-bond acceptors (Lipinski definition) is 8. The van der Waals surface area contributed by atoms with Crippen molar-refractivity contribution in [3.63, 3.8) is 0 Å². The fourth-order valence-corrected chi connectivity index (χ4v) is 4.04. The zero-order valence-electron chi connectivity index (χ0n) is 15.3. The number of nitrogens with one attached hydrogen (secondary N) is 2. The second-order valence-electron chi connectivity index (χ2n) is 6.78. The maximum atomic E-state index is 12.7. The Morgan fingerprint density at radius 3 is 2.89 bits per heavy atom. The molecule has 0 radical (unpaired) electrons. The summed E-state index contributed by atoms with van der Waals surface area (Å²) in [7, 11) is 0. The summed E-state index contributed by atoms with van der Waals surface area (Å²) >= 11 is 1.39. The lowest BCUT2D eigenvalue weighted by molar-refractivity contribution is 0.102. The molecule has 1 amide bonds. The number of carbonyl (C=O) groups is 1. The number of anilines is 3. The number of carbonyl (C=O) groups excluding carboxylic acids is 1. The van der Waals surface area contributed by atoms with E-state index in [1.165, 1.54) is 11.3 Å². The van der Waals surface area contributed by atoms with E-state index >= 15 is 0 Å². The van der Waals surface area contributed by atoms with E-state index in [9.17, 15) is 4.79 Å². The van der Waals surface area contributed by atoms with E-state index in [-0.39, 0.29) is 5.91 Å². The SMILES string of the molecule is NCC1CCN(c2ncc(N)cc2NC(=O)c2csc(-c3cn[nH]c3)n2)CC1. The number of hydrogen-bond donors (Lipinski definition) is 4. The lowest BCUT2D eigenvalue weighted by atomic mass is 9.97. The van der Waals surface area contributed by atoms with Crippen molar-refractivity contribution in [1.29, 1.82) is 0 Å². The average Bonchev–Trinajstić information content (AvgIpc) is 3.40. The highest BCUT2D eigenvalue weighted by Gasteiger charge is 2.23. The van der Waals surface area contributed by atoms with Crippen molar-refractivity contribution < 1.29 is 4.79 Å². The number of pyridine rings is 1. The molecule has 1 fully saturated rings. The van der Waals surface area contributed by atoms with Crippen LogP contribution >= 0.6 is 11.3 Å². The number of thiazole rings is 1. The molecule has 4 rings (SSSR count). The van der Waals surface area contributed by atoms with Gasteiger partial charge in [-0.3, -0.25) is 9.89 Å². The highest BCUT2D eigenvalue weighted by molar-refractivity contribution is 7.13. The lowest BCUT2D eigenvalue weighted by Crippen LogP contribution is -2.37. The summed E-state index contributed by atoms with van der Waals surface area (Å²) in [6, 6.07) is 1.73.